The van der Waals surface area contributed by atoms with Crippen LogP contribution in [0.3, 0.4) is 0 Å². The first-order chi connectivity index (χ1) is 28.8. The molecule has 14 nitrogen and oxygen atoms in total. The normalized spacial score (nSPS) is 44.3. The van der Waals surface area contributed by atoms with Gasteiger partial charge in [0, 0.05) is 45.4 Å². The van der Waals surface area contributed by atoms with Gasteiger partial charge in [-0.2, -0.15) is 0 Å². The molecule has 6 N–H and O–H groups in total. The Morgan fingerprint density at radius 3 is 1.27 bits per heavy atom. The van der Waals surface area contributed by atoms with Crippen molar-refractivity contribution in [3.63, 3.8) is 0 Å². The quantitative estimate of drug-likeness (QED) is 0.131. The minimum Gasteiger partial charge on any atom is -0.550 e. The first-order valence-corrected chi connectivity index (χ1v) is 22.2. The molecule has 0 aliphatic heterocycles. The predicted molar refractivity (Wildman–Crippen MR) is 218 cm³/mol. The molecular weight excluding hydrogens is 846 g/mol. The third-order valence-electron chi connectivity index (χ3n) is 17.7. The topological polar surface area (TPSA) is 270 Å². The Labute approximate surface area is 419 Å². The van der Waals surface area contributed by atoms with E-state index < -0.39 is 83.8 Å². The molecule has 0 amide bonds. The van der Waals surface area contributed by atoms with Gasteiger partial charge in [0.25, 0.3) is 0 Å². The molecule has 0 aromatic heterocycles. The third kappa shape index (κ3) is 8.81. The van der Waals surface area contributed by atoms with Crippen molar-refractivity contribution < 1.29 is 129 Å². The van der Waals surface area contributed by atoms with Crippen LogP contribution in [-0.4, -0.2) is 102 Å². The van der Waals surface area contributed by atoms with Crippen molar-refractivity contribution in [3.05, 3.63) is 47.6 Å². The predicted octanol–water partition coefficient (Wildman–Crippen LogP) is -5.12. The fourth-order valence-electron chi connectivity index (χ4n) is 14.9. The standard InChI is InChI=1S/2C22H30O5.C4H6O4.2Na/c2*1-12-8-14-15-5-7-22(27,18(26)11-23)21(15,3)10-17(25)19(14)20(2)6-4-13(24)9-16(12)20;5-3(6)1-2-4(7)8;;/h2*4,6,9,12,14-15,17,19,23,25,27H,5,7-8,10-11H2,1-3H3;1-2H2,(H,5,6)(H,7,8);;/q;;;2*+1/p-2/t2*12-,14?,15-,17-,19+,20-,21-,22-;;;/m00.../s1. The monoisotopic (exact) mass is 910 g/mol. The average molecular weight is 911 g/mol. The van der Waals surface area contributed by atoms with Crippen LogP contribution in [0.5, 0.6) is 0 Å². The largest absolute Gasteiger partial charge is 1.00 e. The minimum atomic E-state index is -1.57. The number of aliphatic carboxylic acids is 2. The Hall–Kier alpha value is -1.66. The second kappa shape index (κ2) is 19.7. The Morgan fingerprint density at radius 2 is 0.969 bits per heavy atom. The van der Waals surface area contributed by atoms with Crippen LogP contribution < -0.4 is 69.3 Å². The maximum atomic E-state index is 12.4. The SMILES string of the molecule is C[C@H]1CC2[C@H]([C@@H](O)C[C@@]3(C)[C@H]2CC[C@]3(O)C(=O)CO)[C@@]2(C)C=CC(=O)C=C12.C[C@H]1CC2[C@H]([C@@H](O)C[C@@]3(C)[C@H]2CC[C@]3(O)C(=O)CO)[C@@]2(C)C=CC(=O)C=C12.O=C([O-])CCC(=O)[O-].[Na+].[Na+]. The number of ketones is 4. The summed E-state index contributed by atoms with van der Waals surface area (Å²) in [7, 11) is 0. The van der Waals surface area contributed by atoms with Gasteiger partial charge < -0.3 is 50.4 Å². The minimum absolute atomic E-state index is 0. The van der Waals surface area contributed by atoms with Gasteiger partial charge in [-0.3, -0.25) is 19.2 Å². The number of Topliss-reactive ketones (excluding diaryl/α,β-unsaturated/α-hetero) is 2. The second-order valence-corrected chi connectivity index (χ2v) is 20.7. The molecule has 2 unspecified atom stereocenters. The van der Waals surface area contributed by atoms with Gasteiger partial charge in [0.2, 0.25) is 0 Å². The van der Waals surface area contributed by atoms with Crippen molar-refractivity contribution in [2.75, 3.05) is 13.2 Å². The molecule has 342 valence electrons. The number of carbonyl (C=O) groups is 6. The molecule has 8 aliphatic rings. The van der Waals surface area contributed by atoms with Gasteiger partial charge in [0.15, 0.2) is 23.1 Å². The van der Waals surface area contributed by atoms with Crippen molar-refractivity contribution >= 4 is 35.1 Å². The van der Waals surface area contributed by atoms with Crippen molar-refractivity contribution in [2.24, 2.45) is 69.0 Å². The van der Waals surface area contributed by atoms with Gasteiger partial charge in [-0.05, 0) is 124 Å². The summed E-state index contributed by atoms with van der Waals surface area (Å²) in [4.78, 5) is 67.7. The number of allylic oxidation sites excluding steroid dienone is 8. The summed E-state index contributed by atoms with van der Waals surface area (Å²) in [6.07, 6.45) is 12.8. The van der Waals surface area contributed by atoms with Gasteiger partial charge in [-0.15, -0.1) is 0 Å². The molecule has 6 fully saturated rings. The molecule has 0 spiro atoms. The summed E-state index contributed by atoms with van der Waals surface area (Å²) < 4.78 is 0. The summed E-state index contributed by atoms with van der Waals surface area (Å²) in [5, 5.41) is 82.7. The van der Waals surface area contributed by atoms with Gasteiger partial charge in [0.05, 0.1) is 12.2 Å². The fraction of sp³-hybridized carbons (Fsp3) is 0.708. The Bertz CT molecular complexity index is 1870. The maximum Gasteiger partial charge on any atom is 1.00 e. The summed E-state index contributed by atoms with van der Waals surface area (Å²) in [6, 6.07) is 0. The van der Waals surface area contributed by atoms with Crippen LogP contribution in [0, 0.1) is 69.0 Å². The van der Waals surface area contributed by atoms with Crippen LogP contribution in [0.2, 0.25) is 0 Å². The van der Waals surface area contributed by atoms with Crippen LogP contribution in [0.15, 0.2) is 47.6 Å². The number of hydrogen-bond acceptors (Lipinski definition) is 14. The number of carboxylic acids is 2. The average Bonchev–Trinajstić information content (AvgIpc) is 3.63. The smallest absolute Gasteiger partial charge is 0.550 e. The van der Waals surface area contributed by atoms with Crippen LogP contribution in [0.25, 0.3) is 0 Å². The molecule has 8 rings (SSSR count). The number of carbonyl (C=O) groups excluding carboxylic acids is 6. The van der Waals surface area contributed by atoms with E-state index in [1.54, 1.807) is 24.3 Å². The van der Waals surface area contributed by atoms with Crippen LogP contribution in [0.4, 0.5) is 0 Å². The number of rotatable bonds is 7. The Balaban J connectivity index is 0.000000234. The zero-order valence-electron chi connectivity index (χ0n) is 38.7. The van der Waals surface area contributed by atoms with Crippen molar-refractivity contribution in [1.29, 1.82) is 0 Å². The molecular formula is C48H64Na2O14. The van der Waals surface area contributed by atoms with Gasteiger partial charge >= 0.3 is 59.1 Å². The molecule has 6 saturated carbocycles. The molecule has 16 heteroatoms. The van der Waals surface area contributed by atoms with E-state index in [-0.39, 0.29) is 129 Å². The van der Waals surface area contributed by atoms with Crippen molar-refractivity contribution in [1.82, 2.24) is 0 Å². The zero-order valence-corrected chi connectivity index (χ0v) is 42.7. The van der Waals surface area contributed by atoms with Crippen LogP contribution >= 0.6 is 0 Å². The van der Waals surface area contributed by atoms with E-state index in [0.29, 0.717) is 25.7 Å². The van der Waals surface area contributed by atoms with Gasteiger partial charge in [-0.1, -0.05) is 64.8 Å². The van der Waals surface area contributed by atoms with E-state index in [2.05, 4.69) is 27.7 Å². The molecule has 0 aromatic rings. The molecule has 0 saturated heterocycles. The number of carboxylic acid groups (broad SMARTS) is 2. The molecule has 16 atom stereocenters. The molecule has 8 aliphatic carbocycles. The first kappa shape index (κ1) is 54.9. The summed E-state index contributed by atoms with van der Waals surface area (Å²) in [5.74, 6) is -2.89. The van der Waals surface area contributed by atoms with E-state index >= 15 is 0 Å². The van der Waals surface area contributed by atoms with E-state index in [0.717, 1.165) is 36.8 Å². The van der Waals surface area contributed by atoms with Crippen molar-refractivity contribution in [2.45, 2.75) is 129 Å². The number of aliphatic hydroxyl groups is 6. The maximum absolute atomic E-state index is 12.4. The second-order valence-electron chi connectivity index (χ2n) is 20.7. The zero-order chi connectivity index (χ0) is 46.1. The van der Waals surface area contributed by atoms with E-state index in [9.17, 15) is 69.6 Å². The third-order valence-corrected chi connectivity index (χ3v) is 17.7. The Kier molecular flexibility index (Phi) is 17.0. The van der Waals surface area contributed by atoms with Gasteiger partial charge in [-0.25, -0.2) is 0 Å². The molecule has 0 radical (unpaired) electrons. The summed E-state index contributed by atoms with van der Waals surface area (Å²) >= 11 is 0. The first-order valence-electron chi connectivity index (χ1n) is 22.2. The van der Waals surface area contributed by atoms with Gasteiger partial charge in [0.1, 0.15) is 24.4 Å². The number of aliphatic hydroxyl groups excluding tert-OH is 4. The molecule has 0 aromatic carbocycles. The van der Waals surface area contributed by atoms with Crippen LogP contribution in [0.1, 0.15) is 106 Å². The van der Waals surface area contributed by atoms with E-state index in [1.165, 1.54) is 0 Å². The Morgan fingerprint density at radius 1 is 0.641 bits per heavy atom. The number of hydrogen-bond donors (Lipinski definition) is 6. The summed E-state index contributed by atoms with van der Waals surface area (Å²) in [6.45, 7) is 11.0. The molecule has 0 bridgehead atoms. The van der Waals surface area contributed by atoms with Crippen molar-refractivity contribution in [3.8, 4) is 0 Å². The molecule has 0 heterocycles. The fourth-order valence-corrected chi connectivity index (χ4v) is 14.9. The van der Waals surface area contributed by atoms with Crippen LogP contribution in [-0.2, 0) is 28.8 Å². The molecule has 64 heavy (non-hydrogen) atoms. The van der Waals surface area contributed by atoms with E-state index in [4.69, 9.17) is 0 Å². The van der Waals surface area contributed by atoms with E-state index in [1.807, 2.05) is 26.0 Å². The number of fused-ring (bicyclic) bond motifs is 10. The summed E-state index contributed by atoms with van der Waals surface area (Å²) in [5.41, 5.74) is -3.18.